The number of amides is 3. The Labute approximate surface area is 148 Å². The van der Waals surface area contributed by atoms with Gasteiger partial charge in [0, 0.05) is 6.54 Å². The van der Waals surface area contributed by atoms with Crippen molar-refractivity contribution < 1.29 is 39.3 Å². The lowest BCUT2D eigenvalue weighted by atomic mass is 10.2. The van der Waals surface area contributed by atoms with Crippen LogP contribution < -0.4 is 16.4 Å². The van der Waals surface area contributed by atoms with Crippen LogP contribution in [0.5, 0.6) is 0 Å². The van der Waals surface area contributed by atoms with Crippen LogP contribution in [0.3, 0.4) is 0 Å². The first-order chi connectivity index (χ1) is 12.2. The highest BCUT2D eigenvalue weighted by Gasteiger charge is 2.34. The van der Waals surface area contributed by atoms with E-state index in [1.807, 2.05) is 0 Å². The van der Waals surface area contributed by atoms with Crippen molar-refractivity contribution in [1.82, 2.24) is 15.5 Å². The molecule has 1 saturated heterocycles. The van der Waals surface area contributed by atoms with Crippen molar-refractivity contribution in [1.29, 1.82) is 0 Å². The molecule has 0 saturated carbocycles. The molecule has 1 rings (SSSR count). The highest BCUT2D eigenvalue weighted by molar-refractivity contribution is 5.93. The van der Waals surface area contributed by atoms with E-state index in [9.17, 15) is 29.1 Å². The van der Waals surface area contributed by atoms with Crippen LogP contribution in [-0.4, -0.2) is 87.7 Å². The fraction of sp³-hybridized carbons (Fsp3) is 0.643. The first kappa shape index (κ1) is 21.3. The van der Waals surface area contributed by atoms with Gasteiger partial charge in [-0.25, -0.2) is 4.79 Å². The van der Waals surface area contributed by atoms with Gasteiger partial charge >= 0.3 is 11.9 Å². The molecule has 1 aliphatic rings. The molecule has 3 unspecified atom stereocenters. The number of nitrogens with two attached hydrogens (primary N) is 1. The molecule has 0 radical (unpaired) electrons. The average molecular weight is 374 g/mol. The van der Waals surface area contributed by atoms with Crippen LogP contribution in [0.15, 0.2) is 0 Å². The second kappa shape index (κ2) is 9.68. The van der Waals surface area contributed by atoms with Gasteiger partial charge in [0.15, 0.2) is 0 Å². The first-order valence-corrected chi connectivity index (χ1v) is 7.86. The lowest BCUT2D eigenvalue weighted by Crippen LogP contribution is -2.55. The normalized spacial score (nSPS) is 18.7. The summed E-state index contributed by atoms with van der Waals surface area (Å²) in [6, 6.07) is -3.78. The molecule has 26 heavy (non-hydrogen) atoms. The lowest BCUT2D eigenvalue weighted by Gasteiger charge is -2.22. The molecule has 3 atom stereocenters. The monoisotopic (exact) mass is 374 g/mol. The van der Waals surface area contributed by atoms with Crippen LogP contribution in [0, 0.1) is 0 Å². The number of aliphatic hydroxyl groups is 1. The quantitative estimate of drug-likeness (QED) is 0.236. The van der Waals surface area contributed by atoms with Crippen LogP contribution in [0.4, 0.5) is 0 Å². The van der Waals surface area contributed by atoms with Crippen molar-refractivity contribution in [2.24, 2.45) is 5.73 Å². The number of carboxylic acids is 2. The van der Waals surface area contributed by atoms with Crippen LogP contribution in [0.1, 0.15) is 19.3 Å². The van der Waals surface area contributed by atoms with Crippen LogP contribution in [0.2, 0.25) is 0 Å². The van der Waals surface area contributed by atoms with Crippen LogP contribution in [0.25, 0.3) is 0 Å². The number of hydrogen-bond donors (Lipinski definition) is 6. The number of hydrogen-bond acceptors (Lipinski definition) is 7. The lowest BCUT2D eigenvalue weighted by molar-refractivity contribution is -0.148. The van der Waals surface area contributed by atoms with Crippen molar-refractivity contribution in [2.45, 2.75) is 37.4 Å². The summed E-state index contributed by atoms with van der Waals surface area (Å²) in [6.45, 7) is -1.04. The highest BCUT2D eigenvalue weighted by atomic mass is 16.4. The van der Waals surface area contributed by atoms with E-state index in [1.165, 1.54) is 0 Å². The third kappa shape index (κ3) is 5.97. The number of carbonyl (C=O) groups excluding carboxylic acids is 3. The summed E-state index contributed by atoms with van der Waals surface area (Å²) in [6.07, 6.45) is 0.203. The van der Waals surface area contributed by atoms with Gasteiger partial charge in [-0.1, -0.05) is 0 Å². The Bertz CT molecular complexity index is 581. The molecule has 0 bridgehead atoms. The molecule has 3 amide bonds. The SMILES string of the molecule is NC(CC(=O)O)C(=O)NC(CO)C(=O)NCC(=O)N1CCCC1C(=O)O. The number of likely N-dealkylation sites (tertiary alicyclic amines) is 1. The van der Waals surface area contributed by atoms with E-state index in [2.05, 4.69) is 10.6 Å². The molecule has 0 aliphatic carbocycles. The molecular weight excluding hydrogens is 352 g/mol. The van der Waals surface area contributed by atoms with Gasteiger partial charge in [-0.15, -0.1) is 0 Å². The smallest absolute Gasteiger partial charge is 0.326 e. The Morgan fingerprint density at radius 2 is 1.81 bits per heavy atom. The Hall–Kier alpha value is -2.73. The average Bonchev–Trinajstić information content (AvgIpc) is 3.06. The Morgan fingerprint density at radius 3 is 2.35 bits per heavy atom. The standard InChI is InChI=1S/C14H22N4O8/c15-7(4-11(21)22)12(23)17-8(6-19)13(24)16-5-10(20)18-3-1-2-9(18)14(25)26/h7-9,19H,1-6,15H2,(H,16,24)(H,17,23)(H,21,22)(H,25,26). The summed E-state index contributed by atoms with van der Waals surface area (Å²) >= 11 is 0. The summed E-state index contributed by atoms with van der Waals surface area (Å²) in [5.41, 5.74) is 5.35. The highest BCUT2D eigenvalue weighted by Crippen LogP contribution is 2.17. The van der Waals surface area contributed by atoms with Crippen molar-refractivity contribution in [3.63, 3.8) is 0 Å². The molecule has 0 aromatic heterocycles. The van der Waals surface area contributed by atoms with E-state index >= 15 is 0 Å². The fourth-order valence-corrected chi connectivity index (χ4v) is 2.46. The maximum Gasteiger partial charge on any atom is 0.326 e. The number of carbonyl (C=O) groups is 5. The largest absolute Gasteiger partial charge is 0.481 e. The second-order valence-corrected chi connectivity index (χ2v) is 5.75. The van der Waals surface area contributed by atoms with Crippen molar-refractivity contribution >= 4 is 29.7 Å². The van der Waals surface area contributed by atoms with E-state index in [1.54, 1.807) is 0 Å². The molecule has 12 nitrogen and oxygen atoms in total. The van der Waals surface area contributed by atoms with Gasteiger partial charge in [-0.3, -0.25) is 19.2 Å². The minimum Gasteiger partial charge on any atom is -0.481 e. The third-order valence-electron chi connectivity index (χ3n) is 3.82. The summed E-state index contributed by atoms with van der Waals surface area (Å²) in [5.74, 6) is -4.87. The summed E-state index contributed by atoms with van der Waals surface area (Å²) in [4.78, 5) is 58.4. The first-order valence-electron chi connectivity index (χ1n) is 7.86. The number of carboxylic acid groups (broad SMARTS) is 2. The number of nitrogens with zero attached hydrogens (tertiary/aromatic N) is 1. The molecule has 1 fully saturated rings. The maximum absolute atomic E-state index is 12.0. The molecule has 12 heteroatoms. The summed E-state index contributed by atoms with van der Waals surface area (Å²) in [5, 5.41) is 31.1. The zero-order chi connectivity index (χ0) is 19.9. The minimum atomic E-state index is -1.43. The minimum absolute atomic E-state index is 0.260. The number of aliphatic carboxylic acids is 2. The molecule has 1 aliphatic heterocycles. The number of aliphatic hydroxyl groups excluding tert-OH is 1. The fourth-order valence-electron chi connectivity index (χ4n) is 2.46. The number of rotatable bonds is 9. The van der Waals surface area contributed by atoms with Gasteiger partial charge < -0.3 is 36.6 Å². The van der Waals surface area contributed by atoms with Crippen LogP contribution >= 0.6 is 0 Å². The third-order valence-corrected chi connectivity index (χ3v) is 3.82. The van der Waals surface area contributed by atoms with E-state index in [4.69, 9.17) is 15.9 Å². The van der Waals surface area contributed by atoms with Gasteiger partial charge in [-0.2, -0.15) is 0 Å². The zero-order valence-corrected chi connectivity index (χ0v) is 13.9. The molecule has 0 aromatic carbocycles. The van der Waals surface area contributed by atoms with Gasteiger partial charge in [0.2, 0.25) is 17.7 Å². The van der Waals surface area contributed by atoms with Gasteiger partial charge in [0.05, 0.1) is 25.6 Å². The molecule has 0 aromatic rings. The summed E-state index contributed by atoms with van der Waals surface area (Å²) in [7, 11) is 0. The van der Waals surface area contributed by atoms with Gasteiger partial charge in [0.25, 0.3) is 0 Å². The Morgan fingerprint density at radius 1 is 1.15 bits per heavy atom. The topological polar surface area (TPSA) is 199 Å². The van der Waals surface area contributed by atoms with Crippen molar-refractivity contribution in [3.05, 3.63) is 0 Å². The van der Waals surface area contributed by atoms with Crippen molar-refractivity contribution in [3.8, 4) is 0 Å². The second-order valence-electron chi connectivity index (χ2n) is 5.75. The van der Waals surface area contributed by atoms with Gasteiger partial charge in [0.1, 0.15) is 12.1 Å². The number of nitrogens with one attached hydrogen (secondary N) is 2. The summed E-state index contributed by atoms with van der Waals surface area (Å²) < 4.78 is 0. The molecule has 0 spiro atoms. The molecule has 1 heterocycles. The maximum atomic E-state index is 12.0. The predicted octanol–water partition coefficient (Wildman–Crippen LogP) is -3.54. The van der Waals surface area contributed by atoms with Gasteiger partial charge in [-0.05, 0) is 12.8 Å². The van der Waals surface area contributed by atoms with E-state index in [0.717, 1.165) is 4.90 Å². The molecule has 7 N–H and O–H groups in total. The van der Waals surface area contributed by atoms with Crippen molar-refractivity contribution in [2.75, 3.05) is 19.7 Å². The van der Waals surface area contributed by atoms with Crippen LogP contribution in [-0.2, 0) is 24.0 Å². The molecular formula is C14H22N4O8. The Kier molecular flexibility index (Phi) is 7.93. The Balaban J connectivity index is 2.53. The van der Waals surface area contributed by atoms with E-state index in [-0.39, 0.29) is 6.54 Å². The van der Waals surface area contributed by atoms with E-state index < -0.39 is 67.4 Å². The predicted molar refractivity (Wildman–Crippen MR) is 84.6 cm³/mol. The molecule has 146 valence electrons. The van der Waals surface area contributed by atoms with E-state index in [0.29, 0.717) is 12.8 Å². The zero-order valence-electron chi connectivity index (χ0n) is 13.9.